The molecule has 1 fully saturated rings. The molecule has 0 amide bonds. The number of rotatable bonds is 5. The molecule has 1 saturated heterocycles. The molecule has 2 atom stereocenters. The van der Waals surface area contributed by atoms with Gasteiger partial charge in [0.05, 0.1) is 5.02 Å². The largest absolute Gasteiger partial charge is 0.489 e. The van der Waals surface area contributed by atoms with Gasteiger partial charge in [-0.05, 0) is 37.4 Å². The number of hydrogen-bond acceptors (Lipinski definition) is 2. The van der Waals surface area contributed by atoms with Crippen molar-refractivity contribution in [3.63, 3.8) is 0 Å². The van der Waals surface area contributed by atoms with Gasteiger partial charge in [-0.3, -0.25) is 0 Å². The van der Waals surface area contributed by atoms with Gasteiger partial charge >= 0.3 is 6.18 Å². The SMILES string of the molecule is CC(C)C[C@H](Oc1cccc(Cl)c1C(F)(F)F)[C@@H]1CCNC1. The lowest BCUT2D eigenvalue weighted by atomic mass is 9.93. The highest BCUT2D eigenvalue weighted by Crippen LogP contribution is 2.42. The summed E-state index contributed by atoms with van der Waals surface area (Å²) in [5.41, 5.74) is -0.878. The highest BCUT2D eigenvalue weighted by atomic mass is 35.5. The fourth-order valence-corrected chi connectivity index (χ4v) is 3.11. The molecule has 0 saturated carbocycles. The fraction of sp³-hybridized carbons (Fsp3) is 0.625. The molecule has 2 nitrogen and oxygen atoms in total. The van der Waals surface area contributed by atoms with Crippen LogP contribution in [0.5, 0.6) is 5.75 Å². The summed E-state index contributed by atoms with van der Waals surface area (Å²) in [5, 5.41) is 2.92. The quantitative estimate of drug-likeness (QED) is 0.837. The standard InChI is InChI=1S/C16H21ClF3NO/c1-10(2)8-14(11-6-7-21-9-11)22-13-5-3-4-12(17)15(13)16(18,19)20/h3-5,10-11,14,21H,6-9H2,1-2H3/t11-,14+/m1/s1. The second kappa shape index (κ2) is 7.09. The topological polar surface area (TPSA) is 21.3 Å². The number of alkyl halides is 3. The Morgan fingerprint density at radius 3 is 2.64 bits per heavy atom. The van der Waals surface area contributed by atoms with Crippen LogP contribution in [0.3, 0.4) is 0 Å². The highest BCUT2D eigenvalue weighted by molar-refractivity contribution is 6.31. The zero-order valence-corrected chi connectivity index (χ0v) is 13.5. The smallest absolute Gasteiger partial charge is 0.421 e. The molecular weight excluding hydrogens is 315 g/mol. The number of benzene rings is 1. The van der Waals surface area contributed by atoms with Crippen LogP contribution < -0.4 is 10.1 Å². The summed E-state index contributed by atoms with van der Waals surface area (Å²) in [6.07, 6.45) is -3.13. The maximum Gasteiger partial charge on any atom is 0.421 e. The van der Waals surface area contributed by atoms with Crippen LogP contribution >= 0.6 is 11.6 Å². The molecule has 0 radical (unpaired) electrons. The molecule has 22 heavy (non-hydrogen) atoms. The van der Waals surface area contributed by atoms with E-state index in [-0.39, 0.29) is 22.8 Å². The molecule has 124 valence electrons. The van der Waals surface area contributed by atoms with Crippen molar-refractivity contribution < 1.29 is 17.9 Å². The molecular formula is C16H21ClF3NO. The van der Waals surface area contributed by atoms with Crippen molar-refractivity contribution in [1.29, 1.82) is 0 Å². The second-order valence-corrected chi connectivity index (χ2v) is 6.56. The minimum atomic E-state index is -4.52. The van der Waals surface area contributed by atoms with Crippen molar-refractivity contribution in [1.82, 2.24) is 5.32 Å². The number of hydrogen-bond donors (Lipinski definition) is 1. The van der Waals surface area contributed by atoms with Crippen LogP contribution in [-0.4, -0.2) is 19.2 Å². The molecule has 1 heterocycles. The average molecular weight is 336 g/mol. The van der Waals surface area contributed by atoms with E-state index in [9.17, 15) is 13.2 Å². The van der Waals surface area contributed by atoms with Gasteiger partial charge in [-0.2, -0.15) is 13.2 Å². The highest BCUT2D eigenvalue weighted by Gasteiger charge is 2.38. The molecule has 0 bridgehead atoms. The van der Waals surface area contributed by atoms with Crippen LogP contribution in [0, 0.1) is 11.8 Å². The molecule has 2 rings (SSSR count). The first kappa shape index (κ1) is 17.4. The van der Waals surface area contributed by atoms with E-state index in [0.29, 0.717) is 5.92 Å². The minimum Gasteiger partial charge on any atom is -0.489 e. The normalized spacial score (nSPS) is 20.4. The van der Waals surface area contributed by atoms with Crippen molar-refractivity contribution in [2.45, 2.75) is 39.0 Å². The Bertz CT molecular complexity index is 499. The maximum absolute atomic E-state index is 13.2. The number of halogens is 4. The van der Waals surface area contributed by atoms with Gasteiger partial charge in [0, 0.05) is 12.5 Å². The first-order valence-corrected chi connectivity index (χ1v) is 7.90. The summed E-state index contributed by atoms with van der Waals surface area (Å²) in [7, 11) is 0. The van der Waals surface area contributed by atoms with E-state index >= 15 is 0 Å². The van der Waals surface area contributed by atoms with Crippen molar-refractivity contribution in [2.24, 2.45) is 11.8 Å². The molecule has 0 aromatic heterocycles. The van der Waals surface area contributed by atoms with Gasteiger partial charge in [-0.25, -0.2) is 0 Å². The Balaban J connectivity index is 2.27. The fourth-order valence-electron chi connectivity index (χ4n) is 2.84. The van der Waals surface area contributed by atoms with E-state index in [0.717, 1.165) is 25.9 Å². The van der Waals surface area contributed by atoms with Crippen molar-refractivity contribution in [2.75, 3.05) is 13.1 Å². The Kier molecular flexibility index (Phi) is 5.61. The first-order valence-electron chi connectivity index (χ1n) is 7.52. The van der Waals surface area contributed by atoms with Crippen LogP contribution in [0.15, 0.2) is 18.2 Å². The van der Waals surface area contributed by atoms with Gasteiger partial charge < -0.3 is 10.1 Å². The van der Waals surface area contributed by atoms with E-state index in [4.69, 9.17) is 16.3 Å². The van der Waals surface area contributed by atoms with Crippen molar-refractivity contribution in [3.05, 3.63) is 28.8 Å². The summed E-state index contributed by atoms with van der Waals surface area (Å²) in [6, 6.07) is 4.09. The molecule has 6 heteroatoms. The summed E-state index contributed by atoms with van der Waals surface area (Å²) in [6.45, 7) is 5.74. The molecule has 1 aromatic rings. The predicted molar refractivity (Wildman–Crippen MR) is 81.3 cm³/mol. The van der Waals surface area contributed by atoms with Crippen molar-refractivity contribution >= 4 is 11.6 Å². The molecule has 0 aliphatic carbocycles. The van der Waals surface area contributed by atoms with Gasteiger partial charge in [-0.15, -0.1) is 0 Å². The first-order chi connectivity index (χ1) is 10.3. The molecule has 1 aliphatic heterocycles. The third-order valence-electron chi connectivity index (χ3n) is 3.87. The predicted octanol–water partition coefficient (Wildman–Crippen LogP) is 4.76. The van der Waals surface area contributed by atoms with Crippen LogP contribution in [-0.2, 0) is 6.18 Å². The van der Waals surface area contributed by atoms with E-state index in [1.807, 2.05) is 13.8 Å². The summed E-state index contributed by atoms with van der Waals surface area (Å²) in [5.74, 6) is 0.402. The van der Waals surface area contributed by atoms with E-state index in [1.54, 1.807) is 0 Å². The molecule has 1 aromatic carbocycles. The molecule has 1 aliphatic rings. The van der Waals surface area contributed by atoms with E-state index < -0.39 is 11.7 Å². The minimum absolute atomic E-state index is 0.169. The van der Waals surface area contributed by atoms with E-state index in [1.165, 1.54) is 18.2 Å². The Hall–Kier alpha value is -0.940. The Labute approximate surface area is 134 Å². The van der Waals surface area contributed by atoms with Crippen LogP contribution in [0.1, 0.15) is 32.3 Å². The lowest BCUT2D eigenvalue weighted by molar-refractivity contribution is -0.139. The maximum atomic E-state index is 13.2. The summed E-state index contributed by atoms with van der Waals surface area (Å²) in [4.78, 5) is 0. The van der Waals surface area contributed by atoms with Crippen LogP contribution in [0.2, 0.25) is 5.02 Å². The van der Waals surface area contributed by atoms with Gasteiger partial charge in [0.1, 0.15) is 17.4 Å². The van der Waals surface area contributed by atoms with Crippen LogP contribution in [0.4, 0.5) is 13.2 Å². The lowest BCUT2D eigenvalue weighted by Gasteiger charge is -2.27. The zero-order valence-electron chi connectivity index (χ0n) is 12.7. The molecule has 1 N–H and O–H groups in total. The third-order valence-corrected chi connectivity index (χ3v) is 4.18. The average Bonchev–Trinajstić information content (AvgIpc) is 2.89. The Morgan fingerprint density at radius 2 is 2.09 bits per heavy atom. The van der Waals surface area contributed by atoms with Gasteiger partial charge in [0.15, 0.2) is 0 Å². The van der Waals surface area contributed by atoms with Crippen LogP contribution in [0.25, 0.3) is 0 Å². The monoisotopic (exact) mass is 335 g/mol. The third kappa shape index (κ3) is 4.29. The number of nitrogens with one attached hydrogen (secondary N) is 1. The van der Waals surface area contributed by atoms with Gasteiger partial charge in [-0.1, -0.05) is 31.5 Å². The molecule has 0 spiro atoms. The van der Waals surface area contributed by atoms with Gasteiger partial charge in [0.2, 0.25) is 0 Å². The lowest BCUT2D eigenvalue weighted by Crippen LogP contribution is -2.31. The molecule has 0 unspecified atom stereocenters. The zero-order chi connectivity index (χ0) is 16.3. The van der Waals surface area contributed by atoms with Crippen molar-refractivity contribution in [3.8, 4) is 5.75 Å². The van der Waals surface area contributed by atoms with E-state index in [2.05, 4.69) is 5.32 Å². The summed E-state index contributed by atoms with van der Waals surface area (Å²) < 4.78 is 45.5. The summed E-state index contributed by atoms with van der Waals surface area (Å²) >= 11 is 5.75. The Morgan fingerprint density at radius 1 is 1.36 bits per heavy atom. The number of ether oxygens (including phenoxy) is 1. The second-order valence-electron chi connectivity index (χ2n) is 6.15. The van der Waals surface area contributed by atoms with Gasteiger partial charge in [0.25, 0.3) is 0 Å².